The third-order valence-corrected chi connectivity index (χ3v) is 2.02. The van der Waals surface area contributed by atoms with Crippen LogP contribution in [0.3, 0.4) is 0 Å². The first-order valence-corrected chi connectivity index (χ1v) is 4.57. The molecule has 0 saturated heterocycles. The van der Waals surface area contributed by atoms with Gasteiger partial charge in [0.2, 0.25) is 0 Å². The second-order valence-electron chi connectivity index (χ2n) is 3.21. The zero-order valence-corrected chi connectivity index (χ0v) is 8.61. The number of nitrogens with zero attached hydrogens (tertiary/aromatic N) is 1. The average molecular weight is 223 g/mol. The van der Waals surface area contributed by atoms with Gasteiger partial charge in [-0.15, -0.1) is 0 Å². The van der Waals surface area contributed by atoms with Crippen LogP contribution in [0.15, 0.2) is 18.2 Å². The molecule has 1 unspecified atom stereocenters. The third kappa shape index (κ3) is 3.04. The van der Waals surface area contributed by atoms with Gasteiger partial charge in [0.15, 0.2) is 6.10 Å². The molecule has 0 aliphatic carbocycles. The number of nitriles is 1. The fourth-order valence-electron chi connectivity index (χ4n) is 1.02. The monoisotopic (exact) mass is 223 g/mol. The summed E-state index contributed by atoms with van der Waals surface area (Å²) in [7, 11) is 0. The lowest BCUT2D eigenvalue weighted by Crippen LogP contribution is -2.19. The van der Waals surface area contributed by atoms with E-state index in [9.17, 15) is 9.18 Å². The lowest BCUT2D eigenvalue weighted by molar-refractivity contribution is -0.149. The molecule has 0 aliphatic heterocycles. The van der Waals surface area contributed by atoms with Gasteiger partial charge in [-0.2, -0.15) is 5.26 Å². The molecule has 0 radical (unpaired) electrons. The summed E-state index contributed by atoms with van der Waals surface area (Å²) in [4.78, 5) is 10.4. The van der Waals surface area contributed by atoms with Crippen LogP contribution in [0.2, 0.25) is 0 Å². The summed E-state index contributed by atoms with van der Waals surface area (Å²) in [6.45, 7) is 1.23. The molecule has 1 aromatic carbocycles. The maximum Gasteiger partial charge on any atom is 0.332 e. The molecule has 4 nitrogen and oxygen atoms in total. The molecule has 1 atom stereocenters. The van der Waals surface area contributed by atoms with Crippen LogP contribution in [-0.4, -0.2) is 17.2 Å². The number of hydrogen-bond acceptors (Lipinski definition) is 3. The number of benzene rings is 1. The van der Waals surface area contributed by atoms with Crippen molar-refractivity contribution in [2.75, 3.05) is 0 Å². The molecule has 84 valence electrons. The van der Waals surface area contributed by atoms with E-state index in [0.717, 1.165) is 6.07 Å². The highest BCUT2D eigenvalue weighted by atomic mass is 19.1. The fourth-order valence-corrected chi connectivity index (χ4v) is 1.02. The minimum absolute atomic E-state index is 0.134. The Morgan fingerprint density at radius 3 is 2.88 bits per heavy atom. The molecule has 1 aromatic rings. The van der Waals surface area contributed by atoms with E-state index >= 15 is 0 Å². The van der Waals surface area contributed by atoms with Gasteiger partial charge in [0.25, 0.3) is 0 Å². The number of ether oxygens (including phenoxy) is 1. The molecular formula is C11H10FNO3. The van der Waals surface area contributed by atoms with E-state index < -0.39 is 17.9 Å². The molecule has 0 aromatic heterocycles. The summed E-state index contributed by atoms with van der Waals surface area (Å²) in [6, 6.07) is 5.75. The van der Waals surface area contributed by atoms with Crippen molar-refractivity contribution in [3.63, 3.8) is 0 Å². The highest BCUT2D eigenvalue weighted by molar-refractivity contribution is 5.71. The summed E-state index contributed by atoms with van der Waals surface area (Å²) in [5.41, 5.74) is 0.444. The Labute approximate surface area is 91.9 Å². The second-order valence-corrected chi connectivity index (χ2v) is 3.21. The van der Waals surface area contributed by atoms with Gasteiger partial charge in [-0.1, -0.05) is 6.07 Å². The molecule has 0 amide bonds. The summed E-state index contributed by atoms with van der Waals surface area (Å²) in [5.74, 6) is -1.68. The Bertz CT molecular complexity index is 439. The van der Waals surface area contributed by atoms with E-state index in [1.54, 1.807) is 6.07 Å². The number of carboxylic acids is 1. The molecule has 5 heteroatoms. The average Bonchev–Trinajstić information content (AvgIpc) is 2.26. The summed E-state index contributed by atoms with van der Waals surface area (Å²) in [5, 5.41) is 17.1. The zero-order valence-electron chi connectivity index (χ0n) is 8.61. The Morgan fingerprint density at radius 2 is 2.38 bits per heavy atom. The van der Waals surface area contributed by atoms with Crippen molar-refractivity contribution in [1.29, 1.82) is 5.26 Å². The predicted octanol–water partition coefficient (Wildman–Crippen LogP) is 1.69. The Hall–Kier alpha value is -1.93. The van der Waals surface area contributed by atoms with Crippen LogP contribution in [0.1, 0.15) is 18.1 Å². The van der Waals surface area contributed by atoms with Gasteiger partial charge in [0, 0.05) is 5.56 Å². The van der Waals surface area contributed by atoms with Gasteiger partial charge in [-0.05, 0) is 19.1 Å². The van der Waals surface area contributed by atoms with Crippen LogP contribution in [0.4, 0.5) is 4.39 Å². The number of rotatable bonds is 4. The Balaban J connectivity index is 2.69. The van der Waals surface area contributed by atoms with Crippen molar-refractivity contribution in [3.05, 3.63) is 35.1 Å². The lowest BCUT2D eigenvalue weighted by atomic mass is 10.1. The highest BCUT2D eigenvalue weighted by Crippen LogP contribution is 2.12. The minimum Gasteiger partial charge on any atom is -0.479 e. The molecule has 0 bridgehead atoms. The number of carboxylic acid groups (broad SMARTS) is 1. The molecule has 0 aliphatic rings. The summed E-state index contributed by atoms with van der Waals surface area (Å²) in [6.07, 6.45) is -0.991. The SMILES string of the molecule is CC(OCc1ccc(C#N)cc1F)C(=O)O. The summed E-state index contributed by atoms with van der Waals surface area (Å²) >= 11 is 0. The third-order valence-electron chi connectivity index (χ3n) is 2.02. The van der Waals surface area contributed by atoms with Crippen molar-refractivity contribution in [1.82, 2.24) is 0 Å². The second kappa shape index (κ2) is 5.24. The van der Waals surface area contributed by atoms with E-state index in [-0.39, 0.29) is 17.7 Å². The van der Waals surface area contributed by atoms with Crippen molar-refractivity contribution >= 4 is 5.97 Å². The van der Waals surface area contributed by atoms with Crippen LogP contribution in [0.25, 0.3) is 0 Å². The van der Waals surface area contributed by atoms with Gasteiger partial charge >= 0.3 is 5.97 Å². The number of halogens is 1. The molecule has 0 saturated carbocycles. The maximum atomic E-state index is 13.3. The van der Waals surface area contributed by atoms with Gasteiger partial charge in [0.05, 0.1) is 18.2 Å². The van der Waals surface area contributed by atoms with Crippen LogP contribution in [-0.2, 0) is 16.1 Å². The quantitative estimate of drug-likeness (QED) is 0.843. The highest BCUT2D eigenvalue weighted by Gasteiger charge is 2.12. The van der Waals surface area contributed by atoms with Crippen LogP contribution < -0.4 is 0 Å². The molecule has 1 rings (SSSR count). The molecule has 1 N–H and O–H groups in total. The molecule has 0 spiro atoms. The predicted molar refractivity (Wildman–Crippen MR) is 53.0 cm³/mol. The van der Waals surface area contributed by atoms with E-state index in [2.05, 4.69) is 0 Å². The first-order chi connectivity index (χ1) is 7.54. The molecule has 0 fully saturated rings. The number of carbonyl (C=O) groups is 1. The van der Waals surface area contributed by atoms with Crippen molar-refractivity contribution in [2.45, 2.75) is 19.6 Å². The normalized spacial score (nSPS) is 11.8. The zero-order chi connectivity index (χ0) is 12.1. The van der Waals surface area contributed by atoms with E-state index in [4.69, 9.17) is 15.1 Å². The van der Waals surface area contributed by atoms with Crippen LogP contribution in [0.5, 0.6) is 0 Å². The van der Waals surface area contributed by atoms with Crippen molar-refractivity contribution in [2.24, 2.45) is 0 Å². The van der Waals surface area contributed by atoms with Gasteiger partial charge in [0.1, 0.15) is 5.82 Å². The van der Waals surface area contributed by atoms with Crippen molar-refractivity contribution in [3.8, 4) is 6.07 Å². The van der Waals surface area contributed by atoms with Gasteiger partial charge in [-0.25, -0.2) is 9.18 Å². The topological polar surface area (TPSA) is 70.3 Å². The molecule has 16 heavy (non-hydrogen) atoms. The Morgan fingerprint density at radius 1 is 1.69 bits per heavy atom. The summed E-state index contributed by atoms with van der Waals surface area (Å²) < 4.78 is 18.2. The van der Waals surface area contributed by atoms with Gasteiger partial charge in [-0.3, -0.25) is 0 Å². The van der Waals surface area contributed by atoms with Crippen LogP contribution >= 0.6 is 0 Å². The fraction of sp³-hybridized carbons (Fsp3) is 0.273. The first-order valence-electron chi connectivity index (χ1n) is 4.57. The van der Waals surface area contributed by atoms with E-state index in [0.29, 0.717) is 0 Å². The first kappa shape index (κ1) is 12.1. The largest absolute Gasteiger partial charge is 0.479 e. The number of hydrogen-bond donors (Lipinski definition) is 1. The minimum atomic E-state index is -1.10. The molecular weight excluding hydrogens is 213 g/mol. The van der Waals surface area contributed by atoms with Crippen molar-refractivity contribution < 1.29 is 19.0 Å². The standard InChI is InChI=1S/C11H10FNO3/c1-7(11(14)15)16-6-9-3-2-8(5-13)4-10(9)12/h2-4,7H,6H2,1H3,(H,14,15). The van der Waals surface area contributed by atoms with E-state index in [1.807, 2.05) is 0 Å². The maximum absolute atomic E-state index is 13.3. The molecule has 0 heterocycles. The van der Waals surface area contributed by atoms with Gasteiger partial charge < -0.3 is 9.84 Å². The Kier molecular flexibility index (Phi) is 3.97. The lowest BCUT2D eigenvalue weighted by Gasteiger charge is -2.08. The van der Waals surface area contributed by atoms with Crippen LogP contribution in [0, 0.1) is 17.1 Å². The van der Waals surface area contributed by atoms with E-state index in [1.165, 1.54) is 19.1 Å². The number of aliphatic carboxylic acids is 1. The smallest absolute Gasteiger partial charge is 0.332 e.